The fourth-order valence-corrected chi connectivity index (χ4v) is 2.79. The molecule has 1 unspecified atom stereocenters. The van der Waals surface area contributed by atoms with Gasteiger partial charge in [-0.05, 0) is 43.5 Å². The third-order valence-electron chi connectivity index (χ3n) is 3.74. The molecule has 0 spiro atoms. The molecule has 0 fully saturated rings. The van der Waals surface area contributed by atoms with Gasteiger partial charge in [0.05, 0.1) is 11.3 Å². The van der Waals surface area contributed by atoms with Crippen LogP contribution in [0.4, 0.5) is 13.2 Å². The number of nitrogens with zero attached hydrogens (tertiary/aromatic N) is 3. The van der Waals surface area contributed by atoms with Gasteiger partial charge in [0, 0.05) is 17.3 Å². The monoisotopic (exact) mass is 378 g/mol. The van der Waals surface area contributed by atoms with Crippen molar-refractivity contribution in [3.8, 4) is 23.1 Å². The quantitative estimate of drug-likeness (QED) is 0.815. The first-order chi connectivity index (χ1) is 12.5. The Kier molecular flexibility index (Phi) is 6.06. The van der Waals surface area contributed by atoms with Crippen molar-refractivity contribution in [3.63, 3.8) is 0 Å². The van der Waals surface area contributed by atoms with Crippen LogP contribution < -0.4 is 10.5 Å². The smallest absolute Gasteiger partial charge is 0.451 e. The van der Waals surface area contributed by atoms with Gasteiger partial charge in [-0.15, -0.1) is 0 Å². The molecule has 2 N–H and O–H groups in total. The molecule has 5 nitrogen and oxygen atoms in total. The Morgan fingerprint density at radius 1 is 1.26 bits per heavy atom. The van der Waals surface area contributed by atoms with Crippen LogP contribution in [0.15, 0.2) is 30.5 Å². The number of hydrogen-bond acceptors (Lipinski definition) is 5. The molecule has 8 heteroatoms. The second-order valence-electron chi connectivity index (χ2n) is 7.13. The van der Waals surface area contributed by atoms with Gasteiger partial charge in [-0.3, -0.25) is 0 Å². The number of nitrogens with two attached hydrogens (primary N) is 1. The van der Waals surface area contributed by atoms with Crippen molar-refractivity contribution in [3.05, 3.63) is 41.9 Å². The lowest BCUT2D eigenvalue weighted by molar-refractivity contribution is -0.144. The number of ether oxygens (including phenoxy) is 1. The Bertz CT molecular complexity index is 842. The summed E-state index contributed by atoms with van der Waals surface area (Å²) in [5.74, 6) is -0.514. The molecular weight excluding hydrogens is 357 g/mol. The van der Waals surface area contributed by atoms with Crippen LogP contribution in [0.1, 0.15) is 38.6 Å². The second-order valence-corrected chi connectivity index (χ2v) is 7.13. The van der Waals surface area contributed by atoms with Crippen molar-refractivity contribution >= 4 is 0 Å². The van der Waals surface area contributed by atoms with Gasteiger partial charge in [0.2, 0.25) is 5.82 Å². The first kappa shape index (κ1) is 20.6. The number of alkyl halides is 3. The summed E-state index contributed by atoms with van der Waals surface area (Å²) in [6, 6.07) is 7.87. The number of halogens is 3. The summed E-state index contributed by atoms with van der Waals surface area (Å²) >= 11 is 0. The Labute approximate surface area is 156 Å². The van der Waals surface area contributed by atoms with Gasteiger partial charge in [0.15, 0.2) is 0 Å². The van der Waals surface area contributed by atoms with Crippen molar-refractivity contribution in [1.82, 2.24) is 9.97 Å². The van der Waals surface area contributed by atoms with Crippen LogP contribution in [0, 0.1) is 17.2 Å². The first-order valence-corrected chi connectivity index (χ1v) is 8.38. The van der Waals surface area contributed by atoms with Gasteiger partial charge in [0.25, 0.3) is 0 Å². The molecule has 0 radical (unpaired) electrons. The van der Waals surface area contributed by atoms with E-state index < -0.39 is 17.5 Å². The predicted octanol–water partition coefficient (Wildman–Crippen LogP) is 4.18. The molecular formula is C19H21F3N4O. The lowest BCUT2D eigenvalue weighted by atomic mass is 9.93. The zero-order valence-corrected chi connectivity index (χ0v) is 15.3. The van der Waals surface area contributed by atoms with Crippen LogP contribution in [0.2, 0.25) is 0 Å². The lowest BCUT2D eigenvalue weighted by Gasteiger charge is -2.26. The summed E-state index contributed by atoms with van der Waals surface area (Å²) in [5, 5.41) is 9.37. The van der Waals surface area contributed by atoms with Crippen molar-refractivity contribution in [2.75, 3.05) is 6.61 Å². The Balaban J connectivity index is 2.26. The third-order valence-corrected chi connectivity index (χ3v) is 3.74. The minimum Gasteiger partial charge on any atom is -0.490 e. The average Bonchev–Trinajstić information content (AvgIpc) is 2.58. The summed E-state index contributed by atoms with van der Waals surface area (Å²) in [6.45, 7) is 6.19. The fourth-order valence-electron chi connectivity index (χ4n) is 2.79. The SMILES string of the molecule is CC(C)CC(C)(N)COc1ccc(-c2ccnc(C(F)(F)F)n2)cc1C#N. The average molecular weight is 378 g/mol. The summed E-state index contributed by atoms with van der Waals surface area (Å²) < 4.78 is 44.1. The van der Waals surface area contributed by atoms with Crippen molar-refractivity contribution in [2.24, 2.45) is 11.7 Å². The van der Waals surface area contributed by atoms with Crippen LogP contribution in [0.5, 0.6) is 5.75 Å². The molecule has 0 aliphatic carbocycles. The van der Waals surface area contributed by atoms with Gasteiger partial charge < -0.3 is 10.5 Å². The van der Waals surface area contributed by atoms with Crippen molar-refractivity contribution in [2.45, 2.75) is 38.9 Å². The molecule has 2 rings (SSSR count). The topological polar surface area (TPSA) is 84.8 Å². The maximum Gasteiger partial charge on any atom is 0.451 e. The maximum absolute atomic E-state index is 12.8. The van der Waals surface area contributed by atoms with E-state index in [1.165, 1.54) is 18.2 Å². The number of benzene rings is 1. The molecule has 1 heterocycles. The molecule has 0 saturated heterocycles. The first-order valence-electron chi connectivity index (χ1n) is 8.38. The van der Waals surface area contributed by atoms with E-state index in [-0.39, 0.29) is 17.9 Å². The van der Waals surface area contributed by atoms with E-state index in [1.54, 1.807) is 6.07 Å². The van der Waals surface area contributed by atoms with Crippen LogP contribution >= 0.6 is 0 Å². The number of aromatic nitrogens is 2. The van der Waals surface area contributed by atoms with Crippen molar-refractivity contribution in [1.29, 1.82) is 5.26 Å². The Morgan fingerprint density at radius 2 is 1.96 bits per heavy atom. The van der Waals surface area contributed by atoms with Crippen LogP contribution in [-0.4, -0.2) is 22.1 Å². The Morgan fingerprint density at radius 3 is 2.56 bits per heavy atom. The van der Waals surface area contributed by atoms with Gasteiger partial charge in [-0.2, -0.15) is 18.4 Å². The van der Waals surface area contributed by atoms with Crippen molar-refractivity contribution < 1.29 is 17.9 Å². The van der Waals surface area contributed by atoms with E-state index >= 15 is 0 Å². The van der Waals surface area contributed by atoms with Crippen LogP contribution in [-0.2, 0) is 6.18 Å². The molecule has 1 aromatic heterocycles. The van der Waals surface area contributed by atoms with E-state index in [0.717, 1.165) is 12.6 Å². The zero-order chi connectivity index (χ0) is 20.2. The molecule has 0 saturated carbocycles. The molecule has 0 amide bonds. The standard InChI is InChI=1S/C19H21F3N4O/c1-12(2)9-18(3,24)11-27-16-5-4-13(8-14(16)10-23)15-6-7-25-17(26-15)19(20,21)22/h4-8,12H,9,11,24H2,1-3H3. The highest BCUT2D eigenvalue weighted by Gasteiger charge is 2.34. The number of rotatable bonds is 6. The number of hydrogen-bond donors (Lipinski definition) is 1. The fraction of sp³-hybridized carbons (Fsp3) is 0.421. The van der Waals surface area contributed by atoms with E-state index in [2.05, 4.69) is 23.8 Å². The third kappa shape index (κ3) is 5.66. The van der Waals surface area contributed by atoms with E-state index in [1.807, 2.05) is 13.0 Å². The maximum atomic E-state index is 12.8. The molecule has 0 aliphatic heterocycles. The molecule has 27 heavy (non-hydrogen) atoms. The molecule has 1 atom stereocenters. The minimum atomic E-state index is -4.64. The molecule has 0 bridgehead atoms. The van der Waals surface area contributed by atoms with Gasteiger partial charge in [0.1, 0.15) is 18.4 Å². The Hall–Kier alpha value is -2.66. The van der Waals surface area contributed by atoms with Crippen LogP contribution in [0.25, 0.3) is 11.3 Å². The lowest BCUT2D eigenvalue weighted by Crippen LogP contribution is -2.43. The van der Waals surface area contributed by atoms with E-state index in [4.69, 9.17) is 10.5 Å². The summed E-state index contributed by atoms with van der Waals surface area (Å²) in [6.07, 6.45) is -2.86. The molecule has 1 aromatic carbocycles. The summed E-state index contributed by atoms with van der Waals surface area (Å²) in [5.41, 5.74) is 6.28. The summed E-state index contributed by atoms with van der Waals surface area (Å²) in [7, 11) is 0. The van der Waals surface area contributed by atoms with Gasteiger partial charge in [-0.25, -0.2) is 9.97 Å². The van der Waals surface area contributed by atoms with Gasteiger partial charge in [-0.1, -0.05) is 13.8 Å². The summed E-state index contributed by atoms with van der Waals surface area (Å²) in [4.78, 5) is 6.77. The molecule has 0 aliphatic rings. The predicted molar refractivity (Wildman–Crippen MR) is 94.7 cm³/mol. The number of nitriles is 1. The molecule has 144 valence electrons. The van der Waals surface area contributed by atoms with Gasteiger partial charge >= 0.3 is 6.18 Å². The highest BCUT2D eigenvalue weighted by Crippen LogP contribution is 2.30. The molecule has 2 aromatic rings. The van der Waals surface area contributed by atoms with E-state index in [9.17, 15) is 18.4 Å². The van der Waals surface area contributed by atoms with E-state index in [0.29, 0.717) is 17.2 Å². The minimum absolute atomic E-state index is 0.0730. The normalized spacial score (nSPS) is 13.9. The van der Waals surface area contributed by atoms with Crippen LogP contribution in [0.3, 0.4) is 0 Å². The highest BCUT2D eigenvalue weighted by molar-refractivity contribution is 5.64. The largest absolute Gasteiger partial charge is 0.490 e. The highest BCUT2D eigenvalue weighted by atomic mass is 19.4. The second kappa shape index (κ2) is 7.92. The zero-order valence-electron chi connectivity index (χ0n) is 15.3.